The highest BCUT2D eigenvalue weighted by Gasteiger charge is 2.39. The zero-order valence-corrected chi connectivity index (χ0v) is 19.6. The number of hydrogen-bond donors (Lipinski definition) is 3. The molecular formula is C25H30N4O5. The van der Waals surface area contributed by atoms with Crippen molar-refractivity contribution in [3.05, 3.63) is 53.6 Å². The Hall–Kier alpha value is -3.59. The molecule has 9 heteroatoms. The Kier molecular flexibility index (Phi) is 7.02. The van der Waals surface area contributed by atoms with Crippen molar-refractivity contribution in [2.45, 2.75) is 44.4 Å². The van der Waals surface area contributed by atoms with Crippen LogP contribution in [0.4, 0.5) is 16.2 Å². The molecule has 0 aliphatic carbocycles. The molecule has 1 saturated heterocycles. The van der Waals surface area contributed by atoms with E-state index in [2.05, 4.69) is 16.0 Å². The van der Waals surface area contributed by atoms with Gasteiger partial charge in [-0.1, -0.05) is 17.7 Å². The normalized spacial score (nSPS) is 21.8. The molecule has 4 rings (SSSR count). The Bertz CT molecular complexity index is 1070. The Labute approximate surface area is 198 Å². The summed E-state index contributed by atoms with van der Waals surface area (Å²) in [6.07, 6.45) is 1.15. The minimum atomic E-state index is -0.403. The van der Waals surface area contributed by atoms with Gasteiger partial charge in [-0.15, -0.1) is 0 Å². The van der Waals surface area contributed by atoms with Gasteiger partial charge in [0.05, 0.1) is 24.1 Å². The van der Waals surface area contributed by atoms with Crippen LogP contribution < -0.4 is 20.7 Å². The second kappa shape index (κ2) is 10.1. The van der Waals surface area contributed by atoms with Gasteiger partial charge in [-0.25, -0.2) is 4.79 Å². The first kappa shape index (κ1) is 23.6. The number of benzene rings is 2. The highest BCUT2D eigenvalue weighted by atomic mass is 16.5. The summed E-state index contributed by atoms with van der Waals surface area (Å²) in [5.74, 6) is 0.147. The highest BCUT2D eigenvalue weighted by Crippen LogP contribution is 2.32. The van der Waals surface area contributed by atoms with Gasteiger partial charge in [0.1, 0.15) is 18.5 Å². The highest BCUT2D eigenvalue weighted by molar-refractivity contribution is 6.02. The van der Waals surface area contributed by atoms with E-state index >= 15 is 0 Å². The van der Waals surface area contributed by atoms with E-state index in [0.717, 1.165) is 5.56 Å². The molecule has 0 aromatic heterocycles. The van der Waals surface area contributed by atoms with Crippen molar-refractivity contribution < 1.29 is 23.9 Å². The summed E-state index contributed by atoms with van der Waals surface area (Å²) in [6, 6.07) is 11.9. The van der Waals surface area contributed by atoms with Crippen LogP contribution >= 0.6 is 0 Å². The van der Waals surface area contributed by atoms with Crippen LogP contribution in [0.25, 0.3) is 0 Å². The number of rotatable bonds is 4. The summed E-state index contributed by atoms with van der Waals surface area (Å²) >= 11 is 0. The third kappa shape index (κ3) is 5.31. The molecule has 2 aromatic rings. The Morgan fingerprint density at radius 2 is 1.76 bits per heavy atom. The summed E-state index contributed by atoms with van der Waals surface area (Å²) in [5, 5.41) is 8.17. The number of carbonyl (C=O) groups is 3. The SMILES string of the molecule is CNC(=O)C[C@@H]1CC[C@@H]2[C@H](COc3ccc(NC(=O)Nc4ccc(C)cc4)cc3C(=O)N2C)O1. The van der Waals surface area contributed by atoms with Gasteiger partial charge in [-0.3, -0.25) is 9.59 Å². The predicted octanol–water partition coefficient (Wildman–Crippen LogP) is 3.16. The first-order valence-corrected chi connectivity index (χ1v) is 11.4. The molecule has 2 aliphatic heterocycles. The van der Waals surface area contributed by atoms with Crippen LogP contribution in [-0.4, -0.2) is 61.7 Å². The van der Waals surface area contributed by atoms with Gasteiger partial charge in [-0.2, -0.15) is 0 Å². The first-order valence-electron chi connectivity index (χ1n) is 11.4. The van der Waals surface area contributed by atoms with Gasteiger partial charge in [0, 0.05) is 25.5 Å². The lowest BCUT2D eigenvalue weighted by atomic mass is 9.94. The number of nitrogens with zero attached hydrogens (tertiary/aromatic N) is 1. The third-order valence-electron chi connectivity index (χ3n) is 6.27. The molecule has 0 spiro atoms. The standard InChI is InChI=1S/C25H30N4O5/c1-15-4-6-16(7-5-15)27-25(32)28-17-8-11-21-19(12-17)24(31)29(3)20-10-9-18(13-23(30)26-2)34-22(20)14-33-21/h4-8,11-12,18,20,22H,9-10,13-14H2,1-3H3,(H,26,30)(H2,27,28,32)/t18-,20+,22-/m0/s1. The number of likely N-dealkylation sites (N-methyl/N-ethyl adjacent to an activating group) is 1. The van der Waals surface area contributed by atoms with Gasteiger partial charge in [0.25, 0.3) is 5.91 Å². The molecular weight excluding hydrogens is 436 g/mol. The fraction of sp³-hybridized carbons (Fsp3) is 0.400. The van der Waals surface area contributed by atoms with E-state index < -0.39 is 6.03 Å². The smallest absolute Gasteiger partial charge is 0.323 e. The van der Waals surface area contributed by atoms with Gasteiger partial charge in [0.15, 0.2) is 0 Å². The molecule has 0 saturated carbocycles. The number of carbonyl (C=O) groups excluding carboxylic acids is 3. The van der Waals surface area contributed by atoms with Crippen LogP contribution in [0.15, 0.2) is 42.5 Å². The van der Waals surface area contributed by atoms with Gasteiger partial charge >= 0.3 is 6.03 Å². The molecule has 0 radical (unpaired) electrons. The molecule has 0 unspecified atom stereocenters. The molecule has 4 amide bonds. The van der Waals surface area contributed by atoms with Gasteiger partial charge in [0.2, 0.25) is 5.91 Å². The molecule has 3 atom stereocenters. The summed E-state index contributed by atoms with van der Waals surface area (Å²) in [7, 11) is 3.35. The van der Waals surface area contributed by atoms with E-state index in [-0.39, 0.29) is 43.1 Å². The second-order valence-electron chi connectivity index (χ2n) is 8.70. The molecule has 0 bridgehead atoms. The van der Waals surface area contributed by atoms with Crippen LogP contribution in [0.2, 0.25) is 0 Å². The van der Waals surface area contributed by atoms with Crippen LogP contribution in [0.1, 0.15) is 35.2 Å². The van der Waals surface area contributed by atoms with E-state index in [0.29, 0.717) is 35.5 Å². The maximum absolute atomic E-state index is 13.3. The molecule has 1 fully saturated rings. The number of amides is 4. The van der Waals surface area contributed by atoms with Crippen LogP contribution in [0.3, 0.4) is 0 Å². The molecule has 3 N–H and O–H groups in total. The lowest BCUT2D eigenvalue weighted by Gasteiger charge is -2.42. The van der Waals surface area contributed by atoms with Crippen molar-refractivity contribution >= 4 is 29.2 Å². The summed E-state index contributed by atoms with van der Waals surface area (Å²) in [5.41, 5.74) is 2.63. The van der Waals surface area contributed by atoms with Crippen molar-refractivity contribution in [2.75, 3.05) is 31.3 Å². The van der Waals surface area contributed by atoms with Crippen molar-refractivity contribution in [2.24, 2.45) is 0 Å². The molecule has 34 heavy (non-hydrogen) atoms. The monoisotopic (exact) mass is 466 g/mol. The van der Waals surface area contributed by atoms with Crippen molar-refractivity contribution in [1.29, 1.82) is 0 Å². The number of urea groups is 1. The Balaban J connectivity index is 1.46. The molecule has 9 nitrogen and oxygen atoms in total. The van der Waals surface area contributed by atoms with E-state index in [1.165, 1.54) is 0 Å². The third-order valence-corrected chi connectivity index (χ3v) is 6.27. The van der Waals surface area contributed by atoms with E-state index in [9.17, 15) is 14.4 Å². The average Bonchev–Trinajstić information content (AvgIpc) is 2.83. The maximum Gasteiger partial charge on any atom is 0.323 e. The summed E-state index contributed by atoms with van der Waals surface area (Å²) < 4.78 is 12.1. The van der Waals surface area contributed by atoms with Gasteiger partial charge < -0.3 is 30.3 Å². The Morgan fingerprint density at radius 1 is 1.06 bits per heavy atom. The van der Waals surface area contributed by atoms with Gasteiger partial charge in [-0.05, 0) is 50.1 Å². The fourth-order valence-corrected chi connectivity index (χ4v) is 4.34. The number of nitrogens with one attached hydrogen (secondary N) is 3. The number of hydrogen-bond acceptors (Lipinski definition) is 5. The van der Waals surface area contributed by atoms with E-state index in [1.54, 1.807) is 37.2 Å². The lowest BCUT2D eigenvalue weighted by Crippen LogP contribution is -2.53. The van der Waals surface area contributed by atoms with Crippen LogP contribution in [0.5, 0.6) is 5.75 Å². The topological polar surface area (TPSA) is 109 Å². The van der Waals surface area contributed by atoms with E-state index in [4.69, 9.17) is 9.47 Å². The Morgan fingerprint density at radius 3 is 2.50 bits per heavy atom. The minimum Gasteiger partial charge on any atom is -0.490 e. The van der Waals surface area contributed by atoms with Crippen LogP contribution in [0, 0.1) is 6.92 Å². The number of fused-ring (bicyclic) bond motifs is 2. The predicted molar refractivity (Wildman–Crippen MR) is 128 cm³/mol. The summed E-state index contributed by atoms with van der Waals surface area (Å²) in [4.78, 5) is 39.2. The lowest BCUT2D eigenvalue weighted by molar-refractivity contribution is -0.133. The number of aryl methyl sites for hydroxylation is 1. The van der Waals surface area contributed by atoms with Crippen molar-refractivity contribution in [3.63, 3.8) is 0 Å². The zero-order valence-electron chi connectivity index (χ0n) is 19.6. The minimum absolute atomic E-state index is 0.0727. The second-order valence-corrected chi connectivity index (χ2v) is 8.70. The first-order chi connectivity index (χ1) is 16.3. The largest absolute Gasteiger partial charge is 0.490 e. The van der Waals surface area contributed by atoms with E-state index in [1.807, 2.05) is 31.2 Å². The van der Waals surface area contributed by atoms with Crippen LogP contribution in [-0.2, 0) is 9.53 Å². The van der Waals surface area contributed by atoms with Crippen molar-refractivity contribution in [1.82, 2.24) is 10.2 Å². The fourth-order valence-electron chi connectivity index (χ4n) is 4.34. The number of anilines is 2. The molecule has 2 heterocycles. The molecule has 180 valence electrons. The van der Waals surface area contributed by atoms with Crippen molar-refractivity contribution in [3.8, 4) is 5.75 Å². The number of ether oxygens (including phenoxy) is 2. The summed E-state index contributed by atoms with van der Waals surface area (Å²) in [6.45, 7) is 2.24. The molecule has 2 aliphatic rings. The quantitative estimate of drug-likeness (QED) is 0.641. The molecule has 2 aromatic carbocycles. The average molecular weight is 467 g/mol. The maximum atomic E-state index is 13.3. The zero-order chi connectivity index (χ0) is 24.2.